The van der Waals surface area contributed by atoms with Crippen LogP contribution in [0.15, 0.2) is 23.1 Å². The second kappa shape index (κ2) is 3.95. The molecule has 0 atom stereocenters. The molecule has 0 saturated heterocycles. The molecule has 14 heavy (non-hydrogen) atoms. The summed E-state index contributed by atoms with van der Waals surface area (Å²) < 4.78 is 35.5. The fourth-order valence-electron chi connectivity index (χ4n) is 1.09. The van der Waals surface area contributed by atoms with Crippen molar-refractivity contribution in [1.29, 1.82) is 0 Å². The highest BCUT2D eigenvalue weighted by atomic mass is 32.2. The van der Waals surface area contributed by atoms with E-state index in [-0.39, 0.29) is 11.4 Å². The molecule has 1 rings (SSSR count). The van der Waals surface area contributed by atoms with E-state index in [4.69, 9.17) is 15.0 Å². The number of rotatable bonds is 3. The summed E-state index contributed by atoms with van der Waals surface area (Å²) >= 11 is 0. The van der Waals surface area contributed by atoms with Gasteiger partial charge in [0.1, 0.15) is 5.75 Å². The standard InChI is InChI=1S/C8H11NO4S/c1-13-7-2-3-8(14(10,11)12)6(4-7)5-9/h2-4H,5,9H2,1H3,(H,10,11,12). The zero-order chi connectivity index (χ0) is 10.8. The molecule has 0 bridgehead atoms. The Hall–Kier alpha value is -1.11. The van der Waals surface area contributed by atoms with E-state index in [2.05, 4.69) is 0 Å². The van der Waals surface area contributed by atoms with Gasteiger partial charge in [-0.05, 0) is 23.8 Å². The number of hydrogen-bond donors (Lipinski definition) is 2. The fourth-order valence-corrected chi connectivity index (χ4v) is 1.81. The molecule has 1 aromatic rings. The highest BCUT2D eigenvalue weighted by Crippen LogP contribution is 2.20. The molecule has 0 heterocycles. The fraction of sp³-hybridized carbons (Fsp3) is 0.250. The molecule has 0 aliphatic heterocycles. The largest absolute Gasteiger partial charge is 0.497 e. The lowest BCUT2D eigenvalue weighted by molar-refractivity contribution is 0.413. The molecule has 0 radical (unpaired) electrons. The summed E-state index contributed by atoms with van der Waals surface area (Å²) in [5.74, 6) is 0.498. The molecule has 3 N–H and O–H groups in total. The molecular formula is C8H11NO4S. The SMILES string of the molecule is COc1ccc(S(=O)(=O)O)c(CN)c1. The van der Waals surface area contributed by atoms with E-state index in [1.165, 1.54) is 25.3 Å². The molecule has 0 spiro atoms. The smallest absolute Gasteiger partial charge is 0.294 e. The summed E-state index contributed by atoms with van der Waals surface area (Å²) in [7, 11) is -2.75. The zero-order valence-corrected chi connectivity index (χ0v) is 8.41. The summed E-state index contributed by atoms with van der Waals surface area (Å²) in [5, 5.41) is 0. The highest BCUT2D eigenvalue weighted by Gasteiger charge is 2.14. The number of nitrogens with two attached hydrogens (primary N) is 1. The highest BCUT2D eigenvalue weighted by molar-refractivity contribution is 7.85. The Morgan fingerprint density at radius 1 is 1.50 bits per heavy atom. The quantitative estimate of drug-likeness (QED) is 0.715. The van der Waals surface area contributed by atoms with E-state index >= 15 is 0 Å². The maximum atomic E-state index is 10.9. The van der Waals surface area contributed by atoms with Crippen LogP contribution in [0, 0.1) is 0 Å². The Kier molecular flexibility index (Phi) is 3.10. The second-order valence-corrected chi connectivity index (χ2v) is 4.04. The molecule has 0 aromatic heterocycles. The maximum absolute atomic E-state index is 10.9. The number of hydrogen-bond acceptors (Lipinski definition) is 4. The van der Waals surface area contributed by atoms with Gasteiger partial charge in [0.25, 0.3) is 10.1 Å². The summed E-state index contributed by atoms with van der Waals surface area (Å²) in [4.78, 5) is -0.180. The molecule has 5 nitrogen and oxygen atoms in total. The van der Waals surface area contributed by atoms with Crippen molar-refractivity contribution in [3.05, 3.63) is 23.8 Å². The lowest BCUT2D eigenvalue weighted by Gasteiger charge is -2.06. The minimum atomic E-state index is -4.21. The number of ether oxygens (including phenoxy) is 1. The lowest BCUT2D eigenvalue weighted by Crippen LogP contribution is -2.07. The Balaban J connectivity index is 3.33. The first kappa shape index (κ1) is 11.0. The van der Waals surface area contributed by atoms with Crippen molar-refractivity contribution in [3.63, 3.8) is 0 Å². The molecule has 0 unspecified atom stereocenters. The second-order valence-electron chi connectivity index (χ2n) is 2.65. The molecule has 0 aliphatic rings. The molecule has 0 fully saturated rings. The molecular weight excluding hydrogens is 206 g/mol. The third kappa shape index (κ3) is 2.22. The van der Waals surface area contributed by atoms with Crippen molar-refractivity contribution in [2.24, 2.45) is 5.73 Å². The van der Waals surface area contributed by atoms with Gasteiger partial charge in [-0.2, -0.15) is 8.42 Å². The van der Waals surface area contributed by atoms with Crippen molar-refractivity contribution < 1.29 is 17.7 Å². The van der Waals surface area contributed by atoms with Crippen LogP contribution in [0.5, 0.6) is 5.75 Å². The van der Waals surface area contributed by atoms with Crippen molar-refractivity contribution in [2.75, 3.05) is 7.11 Å². The minimum absolute atomic E-state index is 0.0202. The van der Waals surface area contributed by atoms with Gasteiger partial charge in [0.05, 0.1) is 12.0 Å². The van der Waals surface area contributed by atoms with E-state index in [0.29, 0.717) is 11.3 Å². The first-order valence-electron chi connectivity index (χ1n) is 3.83. The third-order valence-electron chi connectivity index (χ3n) is 1.77. The maximum Gasteiger partial charge on any atom is 0.294 e. The van der Waals surface area contributed by atoms with E-state index < -0.39 is 10.1 Å². The summed E-state index contributed by atoms with van der Waals surface area (Å²) in [5.41, 5.74) is 5.67. The van der Waals surface area contributed by atoms with E-state index in [1.807, 2.05) is 0 Å². The van der Waals surface area contributed by atoms with Crippen LogP contribution in [0.4, 0.5) is 0 Å². The van der Waals surface area contributed by atoms with Crippen LogP contribution in [0.2, 0.25) is 0 Å². The minimum Gasteiger partial charge on any atom is -0.497 e. The average Bonchev–Trinajstić information content (AvgIpc) is 2.15. The Morgan fingerprint density at radius 3 is 2.57 bits per heavy atom. The van der Waals surface area contributed by atoms with Gasteiger partial charge >= 0.3 is 0 Å². The van der Waals surface area contributed by atoms with E-state index in [0.717, 1.165) is 0 Å². The van der Waals surface area contributed by atoms with Crippen LogP contribution in [0.1, 0.15) is 5.56 Å². The van der Waals surface area contributed by atoms with Crippen molar-refractivity contribution in [2.45, 2.75) is 11.4 Å². The van der Waals surface area contributed by atoms with E-state index in [1.54, 1.807) is 0 Å². The predicted molar refractivity (Wildman–Crippen MR) is 50.7 cm³/mol. The third-order valence-corrected chi connectivity index (χ3v) is 2.72. The molecule has 78 valence electrons. The summed E-state index contributed by atoms with van der Waals surface area (Å²) in [6.07, 6.45) is 0. The first-order valence-corrected chi connectivity index (χ1v) is 5.27. The van der Waals surface area contributed by atoms with Crippen LogP contribution in [0.25, 0.3) is 0 Å². The van der Waals surface area contributed by atoms with Crippen LogP contribution in [-0.4, -0.2) is 20.1 Å². The van der Waals surface area contributed by atoms with Crippen LogP contribution in [0.3, 0.4) is 0 Å². The van der Waals surface area contributed by atoms with Gasteiger partial charge < -0.3 is 10.5 Å². The Labute approximate surface area is 82.2 Å². The van der Waals surface area contributed by atoms with Crippen molar-refractivity contribution in [1.82, 2.24) is 0 Å². The van der Waals surface area contributed by atoms with Gasteiger partial charge in [-0.1, -0.05) is 0 Å². The van der Waals surface area contributed by atoms with E-state index in [9.17, 15) is 8.42 Å². The normalized spacial score (nSPS) is 11.4. The lowest BCUT2D eigenvalue weighted by atomic mass is 10.2. The first-order chi connectivity index (χ1) is 6.49. The Bertz CT molecular complexity index is 427. The van der Waals surface area contributed by atoms with Crippen LogP contribution >= 0.6 is 0 Å². The summed E-state index contributed by atoms with van der Waals surface area (Å²) in [6.45, 7) is 0.0202. The van der Waals surface area contributed by atoms with Crippen molar-refractivity contribution >= 4 is 10.1 Å². The Morgan fingerprint density at radius 2 is 2.14 bits per heavy atom. The van der Waals surface area contributed by atoms with Crippen molar-refractivity contribution in [3.8, 4) is 5.75 Å². The molecule has 0 aliphatic carbocycles. The predicted octanol–water partition coefficient (Wildman–Crippen LogP) is 0.401. The monoisotopic (exact) mass is 217 g/mol. The van der Waals surface area contributed by atoms with Crippen LogP contribution < -0.4 is 10.5 Å². The average molecular weight is 217 g/mol. The zero-order valence-electron chi connectivity index (χ0n) is 7.60. The topological polar surface area (TPSA) is 89.6 Å². The number of methoxy groups -OCH3 is 1. The van der Waals surface area contributed by atoms with Gasteiger partial charge in [0.15, 0.2) is 0 Å². The van der Waals surface area contributed by atoms with Gasteiger partial charge in [0, 0.05) is 6.54 Å². The molecule has 6 heteroatoms. The van der Waals surface area contributed by atoms with Gasteiger partial charge in [-0.15, -0.1) is 0 Å². The van der Waals surface area contributed by atoms with Gasteiger partial charge in [-0.3, -0.25) is 4.55 Å². The van der Waals surface area contributed by atoms with Gasteiger partial charge in [-0.25, -0.2) is 0 Å². The molecule has 0 amide bonds. The molecule has 0 saturated carbocycles. The number of benzene rings is 1. The van der Waals surface area contributed by atoms with Gasteiger partial charge in [0.2, 0.25) is 0 Å². The summed E-state index contributed by atoms with van der Waals surface area (Å²) in [6, 6.07) is 4.18. The van der Waals surface area contributed by atoms with Crippen LogP contribution in [-0.2, 0) is 16.7 Å². The molecule has 1 aromatic carbocycles.